The molecule has 0 aromatic heterocycles. The number of nitrogens with zero attached hydrogens (tertiary/aromatic N) is 4. The van der Waals surface area contributed by atoms with Crippen molar-refractivity contribution in [3.05, 3.63) is 0 Å². The van der Waals surface area contributed by atoms with Gasteiger partial charge >= 0.3 is 6.18 Å². The molecule has 1 saturated carbocycles. The Bertz CT molecular complexity index is 747. The predicted molar refractivity (Wildman–Crippen MR) is 102 cm³/mol. The van der Waals surface area contributed by atoms with Gasteiger partial charge in [0.25, 0.3) is 10.2 Å². The van der Waals surface area contributed by atoms with Crippen LogP contribution >= 0.6 is 0 Å². The Morgan fingerprint density at radius 2 is 1.70 bits per heavy atom. The molecule has 0 aromatic carbocycles. The highest BCUT2D eigenvalue weighted by molar-refractivity contribution is 7.86. The van der Waals surface area contributed by atoms with Crippen LogP contribution in [0.1, 0.15) is 38.5 Å². The van der Waals surface area contributed by atoms with E-state index in [1.165, 1.54) is 13.5 Å². The molecule has 1 aliphatic carbocycles. The lowest BCUT2D eigenvalue weighted by atomic mass is 9.96. The smallest absolute Gasteiger partial charge is 0.340 e. The third kappa shape index (κ3) is 5.25. The van der Waals surface area contributed by atoms with Crippen molar-refractivity contribution in [1.82, 2.24) is 18.4 Å². The summed E-state index contributed by atoms with van der Waals surface area (Å²) in [5.41, 5.74) is 0. The fourth-order valence-electron chi connectivity index (χ4n) is 4.52. The molecule has 8 nitrogen and oxygen atoms in total. The number of hydrogen-bond acceptors (Lipinski definition) is 4. The van der Waals surface area contributed by atoms with E-state index >= 15 is 0 Å². The van der Waals surface area contributed by atoms with Crippen molar-refractivity contribution in [3.8, 4) is 0 Å². The van der Waals surface area contributed by atoms with E-state index in [0.29, 0.717) is 4.90 Å². The highest BCUT2D eigenvalue weighted by atomic mass is 32.2. The lowest BCUT2D eigenvalue weighted by Gasteiger charge is -2.39. The molecule has 2 aliphatic heterocycles. The van der Waals surface area contributed by atoms with Crippen LogP contribution in [0.4, 0.5) is 13.2 Å². The molecule has 2 heterocycles. The van der Waals surface area contributed by atoms with E-state index in [1.54, 1.807) is 7.05 Å². The molecule has 0 bridgehead atoms. The summed E-state index contributed by atoms with van der Waals surface area (Å²) in [5, 5.41) is 0. The quantitative estimate of drug-likeness (QED) is 0.622. The van der Waals surface area contributed by atoms with E-state index in [9.17, 15) is 31.2 Å². The van der Waals surface area contributed by atoms with Gasteiger partial charge in [-0.15, -0.1) is 0 Å². The molecular weight excluding hydrogens is 425 g/mol. The van der Waals surface area contributed by atoms with Gasteiger partial charge in [-0.3, -0.25) is 9.59 Å². The fourth-order valence-corrected chi connectivity index (χ4v) is 6.10. The second-order valence-corrected chi connectivity index (χ2v) is 10.3. The SMILES string of the molecule is CN(C1CCCCC1)S(=O)(=O)N1CCN(C(=O)C2CC(=O)N(CC(F)(F)F)C2)CC1. The highest BCUT2D eigenvalue weighted by Gasteiger charge is 2.43. The van der Waals surface area contributed by atoms with Crippen molar-refractivity contribution in [1.29, 1.82) is 0 Å². The predicted octanol–water partition coefficient (Wildman–Crippen LogP) is 1.05. The molecule has 30 heavy (non-hydrogen) atoms. The standard InChI is InChI=1S/C18H29F3N4O4S/c1-22(15-5-3-2-4-6-15)30(28,29)25-9-7-23(8-10-25)17(27)14-11-16(26)24(12-14)13-18(19,20)21/h14-15H,2-13H2,1H3. The van der Waals surface area contributed by atoms with Crippen LogP contribution in [0.15, 0.2) is 0 Å². The van der Waals surface area contributed by atoms with Gasteiger partial charge in [-0.05, 0) is 12.8 Å². The van der Waals surface area contributed by atoms with Crippen molar-refractivity contribution in [2.24, 2.45) is 5.92 Å². The van der Waals surface area contributed by atoms with Gasteiger partial charge in [0.05, 0.1) is 5.92 Å². The molecule has 1 atom stereocenters. The molecule has 3 rings (SSSR count). The maximum Gasteiger partial charge on any atom is 0.406 e. The second kappa shape index (κ2) is 8.99. The van der Waals surface area contributed by atoms with Gasteiger partial charge in [-0.1, -0.05) is 19.3 Å². The Morgan fingerprint density at radius 1 is 1.10 bits per heavy atom. The zero-order chi connectivity index (χ0) is 22.1. The van der Waals surface area contributed by atoms with E-state index in [-0.39, 0.29) is 51.1 Å². The van der Waals surface area contributed by atoms with Crippen LogP contribution in [0.3, 0.4) is 0 Å². The normalized spacial score (nSPS) is 25.4. The number of amides is 2. The first-order chi connectivity index (χ1) is 14.0. The Labute approximate surface area is 175 Å². The number of hydrogen-bond donors (Lipinski definition) is 0. The molecule has 12 heteroatoms. The van der Waals surface area contributed by atoms with Crippen LogP contribution in [0.5, 0.6) is 0 Å². The van der Waals surface area contributed by atoms with Gasteiger partial charge in [-0.2, -0.15) is 30.2 Å². The van der Waals surface area contributed by atoms with Crippen molar-refractivity contribution in [2.75, 3.05) is 46.3 Å². The summed E-state index contributed by atoms with van der Waals surface area (Å²) >= 11 is 0. The average Bonchev–Trinajstić information content (AvgIpc) is 3.06. The van der Waals surface area contributed by atoms with Crippen LogP contribution in [0.2, 0.25) is 0 Å². The maximum atomic E-state index is 12.9. The van der Waals surface area contributed by atoms with Crippen LogP contribution in [-0.4, -0.2) is 97.2 Å². The summed E-state index contributed by atoms with van der Waals surface area (Å²) in [6.45, 7) is -0.994. The number of carbonyl (C=O) groups excluding carboxylic acids is 2. The van der Waals surface area contributed by atoms with Crippen LogP contribution in [-0.2, 0) is 19.8 Å². The zero-order valence-corrected chi connectivity index (χ0v) is 17.9. The Balaban J connectivity index is 1.53. The molecule has 2 amide bonds. The number of alkyl halides is 3. The van der Waals surface area contributed by atoms with Crippen molar-refractivity contribution >= 4 is 22.0 Å². The Kier molecular flexibility index (Phi) is 6.97. The van der Waals surface area contributed by atoms with E-state index in [2.05, 4.69) is 0 Å². The number of halogens is 3. The average molecular weight is 455 g/mol. The van der Waals surface area contributed by atoms with E-state index < -0.39 is 34.8 Å². The molecule has 2 saturated heterocycles. The summed E-state index contributed by atoms with van der Waals surface area (Å²) < 4.78 is 66.3. The minimum atomic E-state index is -4.50. The third-order valence-corrected chi connectivity index (χ3v) is 8.31. The first-order valence-electron chi connectivity index (χ1n) is 10.4. The second-order valence-electron chi connectivity index (χ2n) is 8.33. The van der Waals surface area contributed by atoms with Crippen LogP contribution < -0.4 is 0 Å². The van der Waals surface area contributed by atoms with Gasteiger partial charge in [0, 0.05) is 52.2 Å². The summed E-state index contributed by atoms with van der Waals surface area (Å²) in [7, 11) is -2.03. The lowest BCUT2D eigenvalue weighted by Crippen LogP contribution is -2.56. The van der Waals surface area contributed by atoms with E-state index in [1.807, 2.05) is 0 Å². The topological polar surface area (TPSA) is 81.2 Å². The molecule has 1 unspecified atom stereocenters. The number of likely N-dealkylation sites (tertiary alicyclic amines) is 1. The van der Waals surface area contributed by atoms with Gasteiger partial charge in [0.2, 0.25) is 11.8 Å². The van der Waals surface area contributed by atoms with Crippen molar-refractivity contribution in [3.63, 3.8) is 0 Å². The minimum absolute atomic E-state index is 0.00692. The number of carbonyl (C=O) groups is 2. The van der Waals surface area contributed by atoms with Crippen LogP contribution in [0, 0.1) is 5.92 Å². The first kappa shape index (κ1) is 23.3. The summed E-state index contributed by atoms with van der Waals surface area (Å²) in [6.07, 6.45) is 0.0954. The Morgan fingerprint density at radius 3 is 2.27 bits per heavy atom. The van der Waals surface area contributed by atoms with Gasteiger partial charge in [0.1, 0.15) is 6.54 Å². The monoisotopic (exact) mass is 454 g/mol. The first-order valence-corrected chi connectivity index (χ1v) is 11.7. The molecule has 0 spiro atoms. The third-order valence-electron chi connectivity index (χ3n) is 6.26. The van der Waals surface area contributed by atoms with Gasteiger partial charge < -0.3 is 9.80 Å². The van der Waals surface area contributed by atoms with Crippen LogP contribution in [0.25, 0.3) is 0 Å². The van der Waals surface area contributed by atoms with Gasteiger partial charge in [-0.25, -0.2) is 0 Å². The lowest BCUT2D eigenvalue weighted by molar-refractivity contribution is -0.157. The van der Waals surface area contributed by atoms with Crippen molar-refractivity contribution in [2.45, 2.75) is 50.7 Å². The zero-order valence-electron chi connectivity index (χ0n) is 17.1. The maximum absolute atomic E-state index is 12.9. The molecule has 0 radical (unpaired) electrons. The molecule has 3 aliphatic rings. The molecule has 0 N–H and O–H groups in total. The van der Waals surface area contributed by atoms with Gasteiger partial charge in [0.15, 0.2) is 0 Å². The van der Waals surface area contributed by atoms with E-state index in [4.69, 9.17) is 0 Å². The highest BCUT2D eigenvalue weighted by Crippen LogP contribution is 2.27. The number of rotatable bonds is 5. The number of piperazine rings is 1. The summed E-state index contributed by atoms with van der Waals surface area (Å²) in [6, 6.07) is -0.00692. The molecular formula is C18H29F3N4O4S. The Hall–Kier alpha value is -1.40. The van der Waals surface area contributed by atoms with Crippen molar-refractivity contribution < 1.29 is 31.2 Å². The molecule has 172 valence electrons. The molecule has 0 aromatic rings. The molecule has 3 fully saturated rings. The fraction of sp³-hybridized carbons (Fsp3) is 0.889. The summed E-state index contributed by atoms with van der Waals surface area (Å²) in [5.74, 6) is -1.88. The largest absolute Gasteiger partial charge is 0.406 e. The minimum Gasteiger partial charge on any atom is -0.340 e. The van der Waals surface area contributed by atoms with E-state index in [0.717, 1.165) is 32.1 Å². The summed E-state index contributed by atoms with van der Waals surface area (Å²) in [4.78, 5) is 26.6.